The third kappa shape index (κ3) is 4.72. The second-order valence-electron chi connectivity index (χ2n) is 8.59. The molecule has 0 spiro atoms. The summed E-state index contributed by atoms with van der Waals surface area (Å²) < 4.78 is 10.9. The van der Waals surface area contributed by atoms with Gasteiger partial charge in [-0.1, -0.05) is 6.07 Å². The predicted molar refractivity (Wildman–Crippen MR) is 129 cm³/mol. The lowest BCUT2D eigenvalue weighted by atomic mass is 9.93. The first-order valence-electron chi connectivity index (χ1n) is 11.1. The Hall–Kier alpha value is -3.52. The Kier molecular flexibility index (Phi) is 7.51. The van der Waals surface area contributed by atoms with Crippen molar-refractivity contribution in [2.24, 2.45) is 0 Å². The molecule has 182 valence electrons. The number of ketones is 1. The number of aryl methyl sites for hydroxylation is 2. The standard InChI is InChI=1S/C26H32N2O6/c1-7-34-21-14-17(8-9-19(21)29)23-22(25(31)26(32)28(23)11-10-27(4)5)24(30)18-12-16(3)20(33-6)13-15(18)2/h8-9,12-14,23,29-30H,7,10-11H2,1-6H3/b24-22+. The van der Waals surface area contributed by atoms with Crippen molar-refractivity contribution in [2.75, 3.05) is 40.9 Å². The number of hydrogen-bond donors (Lipinski definition) is 2. The molecule has 0 saturated carbocycles. The zero-order valence-electron chi connectivity index (χ0n) is 20.5. The lowest BCUT2D eigenvalue weighted by Crippen LogP contribution is -2.35. The summed E-state index contributed by atoms with van der Waals surface area (Å²) in [4.78, 5) is 29.7. The Morgan fingerprint density at radius 2 is 1.79 bits per heavy atom. The Balaban J connectivity index is 2.23. The van der Waals surface area contributed by atoms with Crippen LogP contribution >= 0.6 is 0 Å². The van der Waals surface area contributed by atoms with Crippen LogP contribution in [0.3, 0.4) is 0 Å². The molecule has 1 atom stereocenters. The van der Waals surface area contributed by atoms with Crippen LogP contribution in [0.15, 0.2) is 35.9 Å². The number of benzene rings is 2. The van der Waals surface area contributed by atoms with Crippen LogP contribution in [-0.4, -0.2) is 72.6 Å². The summed E-state index contributed by atoms with van der Waals surface area (Å²) in [5.41, 5.74) is 2.51. The van der Waals surface area contributed by atoms with Crippen LogP contribution in [0.25, 0.3) is 5.76 Å². The summed E-state index contributed by atoms with van der Waals surface area (Å²) in [6.07, 6.45) is 0. The number of hydrogen-bond acceptors (Lipinski definition) is 7. The van der Waals surface area contributed by atoms with Crippen molar-refractivity contribution < 1.29 is 29.3 Å². The lowest BCUT2D eigenvalue weighted by molar-refractivity contribution is -0.140. The quantitative estimate of drug-likeness (QED) is 0.348. The van der Waals surface area contributed by atoms with Crippen molar-refractivity contribution in [1.82, 2.24) is 9.80 Å². The number of aromatic hydroxyl groups is 1. The van der Waals surface area contributed by atoms with Crippen LogP contribution in [0.1, 0.15) is 35.2 Å². The van der Waals surface area contributed by atoms with E-state index in [4.69, 9.17) is 9.47 Å². The molecule has 1 aliphatic heterocycles. The van der Waals surface area contributed by atoms with Crippen molar-refractivity contribution >= 4 is 17.4 Å². The van der Waals surface area contributed by atoms with Crippen molar-refractivity contribution in [3.63, 3.8) is 0 Å². The average molecular weight is 469 g/mol. The molecule has 8 heteroatoms. The van der Waals surface area contributed by atoms with E-state index in [2.05, 4.69) is 0 Å². The molecule has 1 fully saturated rings. The smallest absolute Gasteiger partial charge is 0.295 e. The van der Waals surface area contributed by atoms with E-state index >= 15 is 0 Å². The largest absolute Gasteiger partial charge is 0.507 e. The van der Waals surface area contributed by atoms with Gasteiger partial charge in [-0.05, 0) is 75.8 Å². The summed E-state index contributed by atoms with van der Waals surface area (Å²) in [5.74, 6) is -0.809. The minimum Gasteiger partial charge on any atom is -0.507 e. The number of likely N-dealkylation sites (tertiary alicyclic amines) is 1. The molecule has 34 heavy (non-hydrogen) atoms. The minimum absolute atomic E-state index is 0.00422. The number of Topliss-reactive ketones (excluding diaryl/α,β-unsaturated/α-hetero) is 1. The first kappa shape index (κ1) is 25.1. The number of rotatable bonds is 8. The summed E-state index contributed by atoms with van der Waals surface area (Å²) in [6, 6.07) is 7.41. The number of amides is 1. The summed E-state index contributed by atoms with van der Waals surface area (Å²) >= 11 is 0. The highest BCUT2D eigenvalue weighted by molar-refractivity contribution is 6.46. The molecular weight excluding hydrogens is 436 g/mol. The fraction of sp³-hybridized carbons (Fsp3) is 0.385. The van der Waals surface area contributed by atoms with Gasteiger partial charge in [-0.25, -0.2) is 0 Å². The molecule has 2 N–H and O–H groups in total. The molecule has 0 aliphatic carbocycles. The zero-order chi connectivity index (χ0) is 25.2. The Labute approximate surface area is 200 Å². The van der Waals surface area contributed by atoms with E-state index in [0.717, 1.165) is 5.56 Å². The van der Waals surface area contributed by atoms with Gasteiger partial charge in [-0.2, -0.15) is 0 Å². The molecule has 1 heterocycles. The normalized spacial score (nSPS) is 17.5. The van der Waals surface area contributed by atoms with E-state index in [9.17, 15) is 19.8 Å². The third-order valence-electron chi connectivity index (χ3n) is 5.92. The molecule has 1 unspecified atom stereocenters. The molecule has 0 aromatic heterocycles. The third-order valence-corrected chi connectivity index (χ3v) is 5.92. The molecule has 1 aliphatic rings. The summed E-state index contributed by atoms with van der Waals surface area (Å²) in [5, 5.41) is 21.6. The minimum atomic E-state index is -0.832. The van der Waals surface area contributed by atoms with Crippen LogP contribution in [0.5, 0.6) is 17.2 Å². The SMILES string of the molecule is CCOc1cc(C2/C(=C(\O)c3cc(C)c(OC)cc3C)C(=O)C(=O)N2CCN(C)C)ccc1O. The van der Waals surface area contributed by atoms with Gasteiger partial charge in [0.15, 0.2) is 11.5 Å². The maximum absolute atomic E-state index is 13.2. The van der Waals surface area contributed by atoms with E-state index in [-0.39, 0.29) is 29.4 Å². The molecule has 1 amide bonds. The topological polar surface area (TPSA) is 99.5 Å². The molecule has 0 radical (unpaired) electrons. The number of aliphatic hydroxyl groups is 1. The van der Waals surface area contributed by atoms with E-state index < -0.39 is 17.7 Å². The maximum Gasteiger partial charge on any atom is 0.295 e. The molecule has 8 nitrogen and oxygen atoms in total. The molecule has 3 rings (SSSR count). The number of carbonyl (C=O) groups is 2. The van der Waals surface area contributed by atoms with E-state index in [0.29, 0.717) is 35.6 Å². The zero-order valence-corrected chi connectivity index (χ0v) is 20.5. The molecule has 2 aromatic rings. The second-order valence-corrected chi connectivity index (χ2v) is 8.59. The van der Waals surface area contributed by atoms with E-state index in [1.165, 1.54) is 11.0 Å². The van der Waals surface area contributed by atoms with Crippen molar-refractivity contribution in [3.05, 3.63) is 58.2 Å². The van der Waals surface area contributed by atoms with Gasteiger partial charge >= 0.3 is 0 Å². The Morgan fingerprint density at radius 1 is 1.09 bits per heavy atom. The fourth-order valence-corrected chi connectivity index (χ4v) is 4.15. The Bertz CT molecular complexity index is 1140. The molecule has 2 aromatic carbocycles. The maximum atomic E-state index is 13.2. The van der Waals surface area contributed by atoms with Crippen LogP contribution < -0.4 is 9.47 Å². The summed E-state index contributed by atoms with van der Waals surface area (Å²) in [7, 11) is 5.32. The number of ether oxygens (including phenoxy) is 2. The average Bonchev–Trinajstić information content (AvgIpc) is 3.04. The molecule has 0 bridgehead atoms. The van der Waals surface area contributed by atoms with Crippen LogP contribution in [0.2, 0.25) is 0 Å². The monoisotopic (exact) mass is 468 g/mol. The number of likely N-dealkylation sites (N-methyl/N-ethyl adjacent to an activating group) is 1. The van der Waals surface area contributed by atoms with Gasteiger partial charge in [0.2, 0.25) is 0 Å². The number of carbonyl (C=O) groups excluding carboxylic acids is 2. The summed E-state index contributed by atoms with van der Waals surface area (Å²) in [6.45, 7) is 6.59. The number of aliphatic hydroxyl groups excluding tert-OH is 1. The van der Waals surface area contributed by atoms with Crippen molar-refractivity contribution in [1.29, 1.82) is 0 Å². The van der Waals surface area contributed by atoms with Gasteiger partial charge in [-0.3, -0.25) is 9.59 Å². The fourth-order valence-electron chi connectivity index (χ4n) is 4.15. The van der Waals surface area contributed by atoms with Gasteiger partial charge in [0.1, 0.15) is 11.5 Å². The highest BCUT2D eigenvalue weighted by atomic mass is 16.5. The van der Waals surface area contributed by atoms with Gasteiger partial charge in [0.25, 0.3) is 11.7 Å². The first-order valence-corrected chi connectivity index (χ1v) is 11.1. The number of phenols is 1. The highest BCUT2D eigenvalue weighted by Gasteiger charge is 2.46. The van der Waals surface area contributed by atoms with Crippen molar-refractivity contribution in [2.45, 2.75) is 26.8 Å². The Morgan fingerprint density at radius 3 is 2.41 bits per heavy atom. The van der Waals surface area contributed by atoms with E-state index in [1.807, 2.05) is 32.8 Å². The highest BCUT2D eigenvalue weighted by Crippen LogP contribution is 2.42. The van der Waals surface area contributed by atoms with Crippen LogP contribution in [0.4, 0.5) is 0 Å². The predicted octanol–water partition coefficient (Wildman–Crippen LogP) is 3.40. The van der Waals surface area contributed by atoms with Gasteiger partial charge in [-0.15, -0.1) is 0 Å². The van der Waals surface area contributed by atoms with Crippen molar-refractivity contribution in [3.8, 4) is 17.2 Å². The van der Waals surface area contributed by atoms with Crippen LogP contribution in [0, 0.1) is 13.8 Å². The first-order chi connectivity index (χ1) is 16.1. The van der Waals surface area contributed by atoms with Gasteiger partial charge < -0.3 is 29.5 Å². The van der Waals surface area contributed by atoms with Gasteiger partial charge in [0.05, 0.1) is 25.3 Å². The number of nitrogens with zero attached hydrogens (tertiary/aromatic N) is 2. The van der Waals surface area contributed by atoms with Gasteiger partial charge in [0, 0.05) is 18.7 Å². The second kappa shape index (κ2) is 10.2. The van der Waals surface area contributed by atoms with Crippen LogP contribution in [-0.2, 0) is 9.59 Å². The van der Waals surface area contributed by atoms with E-state index in [1.54, 1.807) is 38.3 Å². The lowest BCUT2D eigenvalue weighted by Gasteiger charge is -2.27. The molecular formula is C26H32N2O6. The number of phenolic OH excluding ortho intramolecular Hbond substituents is 1. The molecule has 1 saturated heterocycles. The number of methoxy groups -OCH3 is 1.